The van der Waals surface area contributed by atoms with Crippen molar-refractivity contribution in [3.63, 3.8) is 0 Å². The topological polar surface area (TPSA) is 38.3 Å². The summed E-state index contributed by atoms with van der Waals surface area (Å²) in [6.07, 6.45) is 0.843. The molecule has 2 aromatic rings. The van der Waals surface area contributed by atoms with Gasteiger partial charge in [0.25, 0.3) is 0 Å². The highest BCUT2D eigenvalue weighted by Crippen LogP contribution is 2.32. The standard InChI is InChI=1S/C22H27Cl2NO2/c1-13(2)17-12-18(14(3)11-21(17)27-5)15(4)25-22(26)10-9-16-19(23)7-6-8-20(16)24/h6-8,11-13,15H,9-10H2,1-5H3,(H,25,26)/t15-/m1/s1. The van der Waals surface area contributed by atoms with E-state index in [1.807, 2.05) is 19.9 Å². The molecule has 3 nitrogen and oxygen atoms in total. The van der Waals surface area contributed by atoms with Gasteiger partial charge in [-0.15, -0.1) is 0 Å². The summed E-state index contributed by atoms with van der Waals surface area (Å²) in [6.45, 7) is 8.30. The van der Waals surface area contributed by atoms with Crippen LogP contribution in [0.15, 0.2) is 30.3 Å². The first-order valence-electron chi connectivity index (χ1n) is 9.15. The lowest BCUT2D eigenvalue weighted by molar-refractivity contribution is -0.121. The number of carbonyl (C=O) groups excluding carboxylic acids is 1. The lowest BCUT2D eigenvalue weighted by Gasteiger charge is -2.21. The quantitative estimate of drug-likeness (QED) is 0.589. The van der Waals surface area contributed by atoms with Gasteiger partial charge in [0.15, 0.2) is 0 Å². The molecule has 0 saturated heterocycles. The van der Waals surface area contributed by atoms with Crippen LogP contribution in [0.4, 0.5) is 0 Å². The Morgan fingerprint density at radius 1 is 1.11 bits per heavy atom. The molecule has 2 rings (SSSR count). The van der Waals surface area contributed by atoms with Crippen LogP contribution < -0.4 is 10.1 Å². The van der Waals surface area contributed by atoms with E-state index in [-0.39, 0.29) is 11.9 Å². The van der Waals surface area contributed by atoms with Gasteiger partial charge in [0.1, 0.15) is 5.75 Å². The molecule has 0 aliphatic rings. The fraction of sp³-hybridized carbons (Fsp3) is 0.409. The largest absolute Gasteiger partial charge is 0.496 e. The van der Waals surface area contributed by atoms with Crippen LogP contribution in [-0.4, -0.2) is 13.0 Å². The zero-order valence-corrected chi connectivity index (χ0v) is 18.0. The Morgan fingerprint density at radius 3 is 2.30 bits per heavy atom. The van der Waals surface area contributed by atoms with Gasteiger partial charge in [0.05, 0.1) is 13.2 Å². The van der Waals surface area contributed by atoms with E-state index in [1.165, 1.54) is 0 Å². The molecule has 1 N–H and O–H groups in total. The predicted octanol–water partition coefficient (Wildman–Crippen LogP) is 6.24. The highest BCUT2D eigenvalue weighted by atomic mass is 35.5. The third-order valence-corrected chi connectivity index (χ3v) is 5.46. The molecule has 1 atom stereocenters. The maximum Gasteiger partial charge on any atom is 0.220 e. The van der Waals surface area contributed by atoms with Gasteiger partial charge < -0.3 is 10.1 Å². The van der Waals surface area contributed by atoms with E-state index in [0.29, 0.717) is 28.8 Å². The second-order valence-corrected chi connectivity index (χ2v) is 7.91. The fourth-order valence-electron chi connectivity index (χ4n) is 3.21. The maximum atomic E-state index is 12.5. The number of aryl methyl sites for hydroxylation is 1. The molecule has 2 aromatic carbocycles. The lowest BCUT2D eigenvalue weighted by Crippen LogP contribution is -2.27. The minimum atomic E-state index is -0.0948. The monoisotopic (exact) mass is 407 g/mol. The van der Waals surface area contributed by atoms with E-state index < -0.39 is 0 Å². The van der Waals surface area contributed by atoms with E-state index in [2.05, 4.69) is 25.2 Å². The first kappa shape index (κ1) is 21.6. The molecule has 0 aliphatic heterocycles. The summed E-state index contributed by atoms with van der Waals surface area (Å²) in [4.78, 5) is 12.5. The zero-order valence-electron chi connectivity index (χ0n) is 16.5. The zero-order chi connectivity index (χ0) is 20.1. The number of nitrogens with one attached hydrogen (secondary N) is 1. The van der Waals surface area contributed by atoms with Crippen molar-refractivity contribution in [3.8, 4) is 5.75 Å². The molecular weight excluding hydrogens is 381 g/mol. The second kappa shape index (κ2) is 9.48. The Labute approximate surface area is 172 Å². The molecule has 1 amide bonds. The number of hydrogen-bond donors (Lipinski definition) is 1. The van der Waals surface area contributed by atoms with Crippen LogP contribution in [0.2, 0.25) is 10.0 Å². The van der Waals surface area contributed by atoms with Gasteiger partial charge in [0, 0.05) is 16.5 Å². The SMILES string of the molecule is COc1cc(C)c([C@@H](C)NC(=O)CCc2c(Cl)cccc2Cl)cc1C(C)C. The second-order valence-electron chi connectivity index (χ2n) is 7.09. The number of amides is 1. The van der Waals surface area contributed by atoms with Crippen molar-refractivity contribution in [1.29, 1.82) is 0 Å². The molecule has 27 heavy (non-hydrogen) atoms. The van der Waals surface area contributed by atoms with Crippen LogP contribution in [0.5, 0.6) is 5.75 Å². The van der Waals surface area contributed by atoms with Crippen molar-refractivity contribution >= 4 is 29.1 Å². The van der Waals surface area contributed by atoms with Gasteiger partial charge in [-0.1, -0.05) is 43.1 Å². The molecule has 0 radical (unpaired) electrons. The molecule has 0 heterocycles. The third kappa shape index (κ3) is 5.40. The predicted molar refractivity (Wildman–Crippen MR) is 113 cm³/mol. The Morgan fingerprint density at radius 2 is 1.74 bits per heavy atom. The number of benzene rings is 2. The number of rotatable bonds is 7. The van der Waals surface area contributed by atoms with Crippen molar-refractivity contribution in [2.45, 2.75) is 52.5 Å². The molecule has 0 unspecified atom stereocenters. The van der Waals surface area contributed by atoms with Crippen molar-refractivity contribution in [2.24, 2.45) is 0 Å². The first-order valence-corrected chi connectivity index (χ1v) is 9.90. The van der Waals surface area contributed by atoms with Crippen molar-refractivity contribution < 1.29 is 9.53 Å². The van der Waals surface area contributed by atoms with Crippen LogP contribution in [-0.2, 0) is 11.2 Å². The Balaban J connectivity index is 2.09. The number of methoxy groups -OCH3 is 1. The summed E-state index contributed by atoms with van der Waals surface area (Å²) >= 11 is 12.4. The van der Waals surface area contributed by atoms with Crippen molar-refractivity contribution in [2.75, 3.05) is 7.11 Å². The van der Waals surface area contributed by atoms with Crippen LogP contribution in [0, 0.1) is 6.92 Å². The van der Waals surface area contributed by atoms with Crippen LogP contribution in [0.3, 0.4) is 0 Å². The Bertz CT molecular complexity index is 798. The summed E-state index contributed by atoms with van der Waals surface area (Å²) < 4.78 is 5.50. The highest BCUT2D eigenvalue weighted by molar-refractivity contribution is 6.36. The minimum Gasteiger partial charge on any atom is -0.496 e. The average Bonchev–Trinajstić information content (AvgIpc) is 2.60. The Hall–Kier alpha value is -1.71. The van der Waals surface area contributed by atoms with Crippen LogP contribution in [0.25, 0.3) is 0 Å². The normalized spacial score (nSPS) is 12.1. The highest BCUT2D eigenvalue weighted by Gasteiger charge is 2.17. The molecule has 5 heteroatoms. The van der Waals surface area contributed by atoms with E-state index >= 15 is 0 Å². The number of ether oxygens (including phenoxy) is 1. The molecule has 0 fully saturated rings. The summed E-state index contributed by atoms with van der Waals surface area (Å²) in [7, 11) is 1.69. The summed E-state index contributed by atoms with van der Waals surface area (Å²) in [5, 5.41) is 4.27. The van der Waals surface area contributed by atoms with Gasteiger partial charge in [-0.2, -0.15) is 0 Å². The molecular formula is C22H27Cl2NO2. The number of halogens is 2. The van der Waals surface area contributed by atoms with E-state index in [4.69, 9.17) is 27.9 Å². The van der Waals surface area contributed by atoms with Gasteiger partial charge in [0.2, 0.25) is 5.91 Å². The molecule has 0 aliphatic carbocycles. The molecule has 0 spiro atoms. The number of carbonyl (C=O) groups is 1. The fourth-order valence-corrected chi connectivity index (χ4v) is 3.80. The summed E-state index contributed by atoms with van der Waals surface area (Å²) in [6, 6.07) is 9.46. The number of hydrogen-bond acceptors (Lipinski definition) is 2. The van der Waals surface area contributed by atoms with E-state index in [0.717, 1.165) is 28.0 Å². The van der Waals surface area contributed by atoms with Gasteiger partial charge >= 0.3 is 0 Å². The van der Waals surface area contributed by atoms with E-state index in [9.17, 15) is 4.79 Å². The lowest BCUT2D eigenvalue weighted by atomic mass is 9.93. The third-order valence-electron chi connectivity index (χ3n) is 4.75. The van der Waals surface area contributed by atoms with Crippen molar-refractivity contribution in [3.05, 3.63) is 62.6 Å². The molecule has 0 saturated carbocycles. The van der Waals surface area contributed by atoms with Gasteiger partial charge in [-0.05, 0) is 72.7 Å². The summed E-state index contributed by atoms with van der Waals surface area (Å²) in [5.41, 5.74) is 4.15. The molecule has 0 aromatic heterocycles. The minimum absolute atomic E-state index is 0.0280. The first-order chi connectivity index (χ1) is 12.7. The molecule has 0 bridgehead atoms. The Kier molecular flexibility index (Phi) is 7.58. The van der Waals surface area contributed by atoms with Gasteiger partial charge in [-0.3, -0.25) is 4.79 Å². The van der Waals surface area contributed by atoms with Gasteiger partial charge in [-0.25, -0.2) is 0 Å². The van der Waals surface area contributed by atoms with Crippen LogP contribution >= 0.6 is 23.2 Å². The molecule has 146 valence electrons. The summed E-state index contributed by atoms with van der Waals surface area (Å²) in [5.74, 6) is 1.20. The van der Waals surface area contributed by atoms with Crippen molar-refractivity contribution in [1.82, 2.24) is 5.32 Å². The van der Waals surface area contributed by atoms with Crippen LogP contribution in [0.1, 0.15) is 61.4 Å². The van der Waals surface area contributed by atoms with E-state index in [1.54, 1.807) is 25.3 Å². The average molecular weight is 408 g/mol. The smallest absolute Gasteiger partial charge is 0.220 e. The maximum absolute atomic E-state index is 12.5.